The Kier molecular flexibility index (Phi) is 7.27. The van der Waals surface area contributed by atoms with Crippen LogP contribution < -0.4 is 15.5 Å². The van der Waals surface area contributed by atoms with Gasteiger partial charge in [-0.2, -0.15) is 13.2 Å². The van der Waals surface area contributed by atoms with Crippen molar-refractivity contribution in [2.45, 2.75) is 19.0 Å². The van der Waals surface area contributed by atoms with Gasteiger partial charge in [0.1, 0.15) is 5.82 Å². The number of carbonyl (C=O) groups is 2. The van der Waals surface area contributed by atoms with Crippen molar-refractivity contribution in [2.24, 2.45) is 5.92 Å². The third-order valence-electron chi connectivity index (χ3n) is 4.87. The summed E-state index contributed by atoms with van der Waals surface area (Å²) < 4.78 is 38.3. The number of hydrogen-bond donors (Lipinski definition) is 2. The van der Waals surface area contributed by atoms with Gasteiger partial charge in [0.2, 0.25) is 11.8 Å². The Morgan fingerprint density at radius 1 is 1.13 bits per heavy atom. The second kappa shape index (κ2) is 9.74. The second-order valence-corrected chi connectivity index (χ2v) is 7.91. The first-order valence-corrected chi connectivity index (χ1v) is 10.2. The maximum absolute atomic E-state index is 12.8. The Morgan fingerprint density at radius 3 is 2.35 bits per heavy atom. The van der Waals surface area contributed by atoms with Crippen LogP contribution in [0, 0.1) is 5.92 Å². The minimum absolute atomic E-state index is 0.0865. The molecule has 2 aromatic rings. The Labute approximate surface area is 186 Å². The van der Waals surface area contributed by atoms with Crippen molar-refractivity contribution in [3.63, 3.8) is 0 Å². The van der Waals surface area contributed by atoms with E-state index in [1.807, 2.05) is 0 Å². The number of amides is 2. The molecule has 1 aromatic carbocycles. The van der Waals surface area contributed by atoms with Crippen molar-refractivity contribution in [2.75, 3.05) is 29.9 Å². The largest absolute Gasteiger partial charge is 0.417 e. The van der Waals surface area contributed by atoms with Crippen molar-refractivity contribution in [3.05, 3.63) is 52.1 Å². The number of carbonyl (C=O) groups excluding carboxylic acids is 2. The number of benzene rings is 1. The van der Waals surface area contributed by atoms with Crippen molar-refractivity contribution in [1.29, 1.82) is 0 Å². The SMILES string of the molecule is O=C(CNC(=O)C1CCN(c2ncc(C(F)(F)F)cc2Cl)CC1)Nc1ccc(Cl)cc1. The lowest BCUT2D eigenvalue weighted by Crippen LogP contribution is -2.42. The molecular weight excluding hydrogens is 456 g/mol. The highest BCUT2D eigenvalue weighted by Gasteiger charge is 2.33. The minimum Gasteiger partial charge on any atom is -0.355 e. The molecule has 11 heteroatoms. The van der Waals surface area contributed by atoms with Crippen LogP contribution in [0.2, 0.25) is 10.0 Å². The number of halogens is 5. The van der Waals surface area contributed by atoms with E-state index in [0.29, 0.717) is 36.6 Å². The zero-order valence-corrected chi connectivity index (χ0v) is 17.7. The summed E-state index contributed by atoms with van der Waals surface area (Å²) in [6.07, 6.45) is -2.84. The number of hydrogen-bond acceptors (Lipinski definition) is 4. The number of nitrogens with one attached hydrogen (secondary N) is 2. The van der Waals surface area contributed by atoms with E-state index in [4.69, 9.17) is 23.2 Å². The highest BCUT2D eigenvalue weighted by atomic mass is 35.5. The van der Waals surface area contributed by atoms with Gasteiger partial charge in [0.25, 0.3) is 0 Å². The van der Waals surface area contributed by atoms with Gasteiger partial charge in [0, 0.05) is 35.9 Å². The van der Waals surface area contributed by atoms with Gasteiger partial charge in [-0.1, -0.05) is 23.2 Å². The molecule has 2 N–H and O–H groups in total. The number of anilines is 2. The number of alkyl halides is 3. The van der Waals surface area contributed by atoms with Crippen LogP contribution in [0.1, 0.15) is 18.4 Å². The molecule has 0 saturated carbocycles. The first kappa shape index (κ1) is 23.1. The molecular formula is C20H19Cl2F3N4O2. The molecule has 0 atom stereocenters. The summed E-state index contributed by atoms with van der Waals surface area (Å²) in [6, 6.07) is 7.43. The Morgan fingerprint density at radius 2 is 1.77 bits per heavy atom. The van der Waals surface area contributed by atoms with Gasteiger partial charge in [0.05, 0.1) is 17.1 Å². The average Bonchev–Trinajstić information content (AvgIpc) is 2.73. The van der Waals surface area contributed by atoms with E-state index in [1.54, 1.807) is 29.2 Å². The van der Waals surface area contributed by atoms with E-state index < -0.39 is 11.7 Å². The van der Waals surface area contributed by atoms with E-state index in [2.05, 4.69) is 15.6 Å². The molecule has 2 amide bonds. The van der Waals surface area contributed by atoms with E-state index in [9.17, 15) is 22.8 Å². The molecule has 1 aliphatic rings. The van der Waals surface area contributed by atoms with Crippen molar-refractivity contribution >= 4 is 46.5 Å². The Bertz CT molecular complexity index is 946. The fraction of sp³-hybridized carbons (Fsp3) is 0.350. The molecule has 166 valence electrons. The Balaban J connectivity index is 1.47. The lowest BCUT2D eigenvalue weighted by atomic mass is 9.96. The summed E-state index contributed by atoms with van der Waals surface area (Å²) in [7, 11) is 0. The van der Waals surface area contributed by atoms with Crippen LogP contribution in [0.4, 0.5) is 24.7 Å². The van der Waals surface area contributed by atoms with E-state index >= 15 is 0 Å². The summed E-state index contributed by atoms with van der Waals surface area (Å²) >= 11 is 11.8. The summed E-state index contributed by atoms with van der Waals surface area (Å²) in [5, 5.41) is 5.73. The maximum Gasteiger partial charge on any atom is 0.417 e. The molecule has 6 nitrogen and oxygen atoms in total. The van der Waals surface area contributed by atoms with Crippen LogP contribution in [-0.4, -0.2) is 36.4 Å². The number of piperidine rings is 1. The molecule has 1 saturated heterocycles. The molecule has 1 aromatic heterocycles. The fourth-order valence-corrected chi connectivity index (χ4v) is 3.63. The van der Waals surface area contributed by atoms with Crippen LogP contribution in [-0.2, 0) is 15.8 Å². The summed E-state index contributed by atoms with van der Waals surface area (Å²) in [4.78, 5) is 30.0. The first-order valence-electron chi connectivity index (χ1n) is 9.44. The highest BCUT2D eigenvalue weighted by Crippen LogP contribution is 2.34. The van der Waals surface area contributed by atoms with Gasteiger partial charge < -0.3 is 15.5 Å². The molecule has 0 unspecified atom stereocenters. The molecule has 0 bridgehead atoms. The van der Waals surface area contributed by atoms with Crippen LogP contribution in [0.3, 0.4) is 0 Å². The lowest BCUT2D eigenvalue weighted by Gasteiger charge is -2.32. The molecule has 0 spiro atoms. The van der Waals surface area contributed by atoms with E-state index in [-0.39, 0.29) is 35.1 Å². The highest BCUT2D eigenvalue weighted by molar-refractivity contribution is 6.33. The number of rotatable bonds is 5. The minimum atomic E-state index is -4.51. The van der Waals surface area contributed by atoms with Gasteiger partial charge in [-0.05, 0) is 43.2 Å². The number of nitrogens with zero attached hydrogens (tertiary/aromatic N) is 2. The van der Waals surface area contributed by atoms with Gasteiger partial charge in [-0.3, -0.25) is 9.59 Å². The van der Waals surface area contributed by atoms with Crippen molar-refractivity contribution in [1.82, 2.24) is 10.3 Å². The van der Waals surface area contributed by atoms with Crippen LogP contribution in [0.5, 0.6) is 0 Å². The molecule has 31 heavy (non-hydrogen) atoms. The van der Waals surface area contributed by atoms with Gasteiger partial charge in [-0.15, -0.1) is 0 Å². The monoisotopic (exact) mass is 474 g/mol. The predicted molar refractivity (Wildman–Crippen MR) is 112 cm³/mol. The zero-order chi connectivity index (χ0) is 22.6. The number of aromatic nitrogens is 1. The second-order valence-electron chi connectivity index (χ2n) is 7.06. The fourth-order valence-electron chi connectivity index (χ4n) is 3.22. The maximum atomic E-state index is 12.8. The first-order chi connectivity index (χ1) is 14.6. The molecule has 0 aliphatic carbocycles. The summed E-state index contributed by atoms with van der Waals surface area (Å²) in [5.41, 5.74) is -0.342. The zero-order valence-electron chi connectivity index (χ0n) is 16.2. The molecule has 2 heterocycles. The third-order valence-corrected chi connectivity index (χ3v) is 5.40. The Hall–Kier alpha value is -2.52. The van der Waals surface area contributed by atoms with Crippen LogP contribution >= 0.6 is 23.2 Å². The smallest absolute Gasteiger partial charge is 0.355 e. The standard InChI is InChI=1S/C20H19Cl2F3N4O2/c21-14-1-3-15(4-2-14)28-17(30)11-27-19(31)12-5-7-29(8-6-12)18-16(22)9-13(10-26-18)20(23,24)25/h1-4,9-10,12H,5-8,11H2,(H,27,31)(H,28,30). The van der Waals surface area contributed by atoms with E-state index in [1.165, 1.54) is 0 Å². The number of pyridine rings is 1. The molecule has 1 aliphatic heterocycles. The lowest BCUT2D eigenvalue weighted by molar-refractivity contribution is -0.137. The molecule has 3 rings (SSSR count). The van der Waals surface area contributed by atoms with Crippen molar-refractivity contribution in [3.8, 4) is 0 Å². The van der Waals surface area contributed by atoms with Gasteiger partial charge in [-0.25, -0.2) is 4.98 Å². The predicted octanol–water partition coefficient (Wildman–Crippen LogP) is 4.38. The molecule has 0 radical (unpaired) electrons. The summed E-state index contributed by atoms with van der Waals surface area (Å²) in [6.45, 7) is 0.647. The van der Waals surface area contributed by atoms with Gasteiger partial charge >= 0.3 is 6.18 Å². The normalized spacial score (nSPS) is 14.9. The summed E-state index contributed by atoms with van der Waals surface area (Å²) in [5.74, 6) is -0.671. The van der Waals surface area contributed by atoms with Crippen molar-refractivity contribution < 1.29 is 22.8 Å². The third kappa shape index (κ3) is 6.24. The average molecular weight is 475 g/mol. The van der Waals surface area contributed by atoms with E-state index in [0.717, 1.165) is 12.3 Å². The molecule has 1 fully saturated rings. The van der Waals surface area contributed by atoms with Crippen LogP contribution in [0.25, 0.3) is 0 Å². The quantitative estimate of drug-likeness (QED) is 0.674. The van der Waals surface area contributed by atoms with Gasteiger partial charge in [0.15, 0.2) is 0 Å². The van der Waals surface area contributed by atoms with Crippen LogP contribution in [0.15, 0.2) is 36.5 Å². The topological polar surface area (TPSA) is 74.3 Å².